The van der Waals surface area contributed by atoms with Crippen molar-refractivity contribution >= 4 is 5.91 Å². The highest BCUT2D eigenvalue weighted by Gasteiger charge is 2.21. The highest BCUT2D eigenvalue weighted by molar-refractivity contribution is 5.84. The molecule has 1 heterocycles. The van der Waals surface area contributed by atoms with Crippen LogP contribution in [0, 0.1) is 6.92 Å². The van der Waals surface area contributed by atoms with Crippen LogP contribution in [0.5, 0.6) is 0 Å². The lowest BCUT2D eigenvalue weighted by atomic mass is 9.98. The number of carbonyl (C=O) groups is 1. The van der Waals surface area contributed by atoms with Crippen LogP contribution < -0.4 is 11.1 Å². The molecule has 1 aromatic carbocycles. The molecule has 0 saturated carbocycles. The second-order valence-corrected chi connectivity index (χ2v) is 4.88. The Bertz CT molecular complexity index is 563. The van der Waals surface area contributed by atoms with Gasteiger partial charge in [0.25, 0.3) is 0 Å². The smallest absolute Gasteiger partial charge is 0.229 e. The van der Waals surface area contributed by atoms with Crippen molar-refractivity contribution in [3.8, 4) is 0 Å². The topological polar surface area (TPSA) is 68.3 Å². The molecule has 0 fully saturated rings. The van der Waals surface area contributed by atoms with Crippen LogP contribution in [0.2, 0.25) is 0 Å². The van der Waals surface area contributed by atoms with E-state index in [1.54, 1.807) is 0 Å². The van der Waals surface area contributed by atoms with Crippen molar-refractivity contribution in [2.24, 2.45) is 5.73 Å². The number of benzene rings is 1. The summed E-state index contributed by atoms with van der Waals surface area (Å²) < 4.78 is 5.52. The molecule has 4 heteroatoms. The Kier molecular flexibility index (Phi) is 4.58. The van der Waals surface area contributed by atoms with E-state index in [0.717, 1.165) is 17.1 Å². The van der Waals surface area contributed by atoms with Crippen molar-refractivity contribution in [2.75, 3.05) is 6.54 Å². The molecule has 2 aromatic rings. The third-order valence-electron chi connectivity index (χ3n) is 3.30. The first-order valence-corrected chi connectivity index (χ1v) is 6.73. The molecule has 0 aliphatic rings. The van der Waals surface area contributed by atoms with Crippen molar-refractivity contribution in [1.29, 1.82) is 0 Å². The predicted octanol–water partition coefficient (Wildman–Crippen LogP) is 2.51. The summed E-state index contributed by atoms with van der Waals surface area (Å²) in [6.45, 7) is 4.05. The zero-order valence-electron chi connectivity index (χ0n) is 11.8. The second-order valence-electron chi connectivity index (χ2n) is 4.88. The monoisotopic (exact) mass is 272 g/mol. The molecule has 1 aromatic heterocycles. The Morgan fingerprint density at radius 1 is 1.25 bits per heavy atom. The molecule has 20 heavy (non-hydrogen) atoms. The number of nitrogens with two attached hydrogens (primary N) is 1. The molecule has 0 aliphatic carbocycles. The third kappa shape index (κ3) is 3.27. The molecule has 0 saturated heterocycles. The van der Waals surface area contributed by atoms with Gasteiger partial charge >= 0.3 is 0 Å². The molecule has 2 rings (SSSR count). The number of nitrogens with one attached hydrogen (secondary N) is 1. The van der Waals surface area contributed by atoms with Crippen LogP contribution in [-0.4, -0.2) is 12.5 Å². The molecular weight excluding hydrogens is 252 g/mol. The van der Waals surface area contributed by atoms with Gasteiger partial charge in [0, 0.05) is 6.54 Å². The lowest BCUT2D eigenvalue weighted by Gasteiger charge is -2.18. The Hall–Kier alpha value is -2.07. The van der Waals surface area contributed by atoms with Gasteiger partial charge in [-0.05, 0) is 31.5 Å². The standard InChI is InChI=1S/C16H20N2O2/c1-11-8-9-15(20-11)12(2)18-16(19)14(10-17)13-6-4-3-5-7-13/h3-9,12,14H,10,17H2,1-2H3,(H,18,19). The van der Waals surface area contributed by atoms with Crippen molar-refractivity contribution in [2.45, 2.75) is 25.8 Å². The van der Waals surface area contributed by atoms with E-state index >= 15 is 0 Å². The Morgan fingerprint density at radius 3 is 2.50 bits per heavy atom. The molecule has 0 spiro atoms. The maximum atomic E-state index is 12.3. The van der Waals surface area contributed by atoms with Crippen molar-refractivity contribution in [3.63, 3.8) is 0 Å². The van der Waals surface area contributed by atoms with Gasteiger partial charge in [0.2, 0.25) is 5.91 Å². The molecule has 1 amide bonds. The van der Waals surface area contributed by atoms with Crippen LogP contribution in [0.3, 0.4) is 0 Å². The van der Waals surface area contributed by atoms with Gasteiger partial charge in [-0.1, -0.05) is 30.3 Å². The van der Waals surface area contributed by atoms with Gasteiger partial charge in [-0.25, -0.2) is 0 Å². The summed E-state index contributed by atoms with van der Waals surface area (Å²) in [7, 11) is 0. The highest BCUT2D eigenvalue weighted by Crippen LogP contribution is 2.19. The average molecular weight is 272 g/mol. The molecule has 3 N–H and O–H groups in total. The van der Waals surface area contributed by atoms with E-state index in [1.165, 1.54) is 0 Å². The van der Waals surface area contributed by atoms with Crippen LogP contribution in [0.25, 0.3) is 0 Å². The number of amides is 1. The minimum Gasteiger partial charge on any atom is -0.464 e. The van der Waals surface area contributed by atoms with E-state index < -0.39 is 0 Å². The average Bonchev–Trinajstić information content (AvgIpc) is 2.87. The summed E-state index contributed by atoms with van der Waals surface area (Å²) in [6.07, 6.45) is 0. The summed E-state index contributed by atoms with van der Waals surface area (Å²) in [5.41, 5.74) is 6.67. The molecule has 2 atom stereocenters. The van der Waals surface area contributed by atoms with Gasteiger partial charge in [0.1, 0.15) is 11.5 Å². The summed E-state index contributed by atoms with van der Waals surface area (Å²) in [6, 6.07) is 13.2. The number of hydrogen-bond donors (Lipinski definition) is 2. The van der Waals surface area contributed by atoms with Crippen LogP contribution in [0.4, 0.5) is 0 Å². The van der Waals surface area contributed by atoms with Crippen molar-refractivity contribution in [1.82, 2.24) is 5.32 Å². The van der Waals surface area contributed by atoms with E-state index in [2.05, 4.69) is 5.32 Å². The van der Waals surface area contributed by atoms with E-state index in [9.17, 15) is 4.79 Å². The second kappa shape index (κ2) is 6.39. The van der Waals surface area contributed by atoms with E-state index in [4.69, 9.17) is 10.2 Å². The van der Waals surface area contributed by atoms with Crippen molar-refractivity contribution < 1.29 is 9.21 Å². The first kappa shape index (κ1) is 14.3. The van der Waals surface area contributed by atoms with Gasteiger partial charge < -0.3 is 15.5 Å². The first-order chi connectivity index (χ1) is 9.61. The Labute approximate surface area is 119 Å². The predicted molar refractivity (Wildman–Crippen MR) is 78.2 cm³/mol. The quantitative estimate of drug-likeness (QED) is 0.878. The van der Waals surface area contributed by atoms with E-state index in [1.807, 2.05) is 56.3 Å². The Balaban J connectivity index is 2.06. The van der Waals surface area contributed by atoms with Gasteiger partial charge in [-0.2, -0.15) is 0 Å². The van der Waals surface area contributed by atoms with Crippen LogP contribution in [0.1, 0.15) is 36.0 Å². The number of rotatable bonds is 5. The maximum Gasteiger partial charge on any atom is 0.229 e. The minimum absolute atomic E-state index is 0.0831. The van der Waals surface area contributed by atoms with Gasteiger partial charge in [-0.15, -0.1) is 0 Å². The number of hydrogen-bond acceptors (Lipinski definition) is 3. The number of furan rings is 1. The van der Waals surface area contributed by atoms with Crippen molar-refractivity contribution in [3.05, 3.63) is 59.5 Å². The minimum atomic E-state index is -0.338. The van der Waals surface area contributed by atoms with Gasteiger partial charge in [0.05, 0.1) is 12.0 Å². The first-order valence-electron chi connectivity index (χ1n) is 6.73. The maximum absolute atomic E-state index is 12.3. The summed E-state index contributed by atoms with van der Waals surface area (Å²) >= 11 is 0. The Morgan fingerprint density at radius 2 is 1.95 bits per heavy atom. The summed E-state index contributed by atoms with van der Waals surface area (Å²) in [4.78, 5) is 12.3. The third-order valence-corrected chi connectivity index (χ3v) is 3.30. The van der Waals surface area contributed by atoms with Gasteiger partial charge in [-0.3, -0.25) is 4.79 Å². The SMILES string of the molecule is Cc1ccc(C(C)NC(=O)C(CN)c2ccccc2)o1. The molecule has 4 nitrogen and oxygen atoms in total. The molecule has 0 radical (unpaired) electrons. The zero-order valence-corrected chi connectivity index (χ0v) is 11.8. The highest BCUT2D eigenvalue weighted by atomic mass is 16.3. The van der Waals surface area contributed by atoms with Crippen LogP contribution in [-0.2, 0) is 4.79 Å². The van der Waals surface area contributed by atoms with Gasteiger partial charge in [0.15, 0.2) is 0 Å². The lowest BCUT2D eigenvalue weighted by Crippen LogP contribution is -2.35. The summed E-state index contributed by atoms with van der Waals surface area (Å²) in [5, 5.41) is 2.95. The normalized spacial score (nSPS) is 13.8. The number of aryl methyl sites for hydroxylation is 1. The van der Waals surface area contributed by atoms with E-state index in [0.29, 0.717) is 0 Å². The number of carbonyl (C=O) groups excluding carboxylic acids is 1. The molecular formula is C16H20N2O2. The fraction of sp³-hybridized carbons (Fsp3) is 0.312. The molecule has 106 valence electrons. The summed E-state index contributed by atoms with van der Waals surface area (Å²) in [5.74, 6) is 1.16. The molecule has 0 bridgehead atoms. The van der Waals surface area contributed by atoms with Crippen LogP contribution in [0.15, 0.2) is 46.9 Å². The largest absolute Gasteiger partial charge is 0.464 e. The fourth-order valence-electron chi connectivity index (χ4n) is 2.15. The lowest BCUT2D eigenvalue weighted by molar-refractivity contribution is -0.123. The zero-order chi connectivity index (χ0) is 14.5. The molecule has 0 aliphatic heterocycles. The molecule has 2 unspecified atom stereocenters. The van der Waals surface area contributed by atoms with Crippen LogP contribution >= 0.6 is 0 Å². The fourth-order valence-corrected chi connectivity index (χ4v) is 2.15. The van der Waals surface area contributed by atoms with E-state index in [-0.39, 0.29) is 24.4 Å².